The number of anilines is 1. The van der Waals surface area contributed by atoms with Crippen molar-refractivity contribution >= 4 is 40.5 Å². The van der Waals surface area contributed by atoms with Crippen molar-refractivity contribution in [2.24, 2.45) is 5.92 Å². The van der Waals surface area contributed by atoms with Crippen molar-refractivity contribution in [2.75, 3.05) is 37.6 Å². The Balaban J connectivity index is 1.43. The van der Waals surface area contributed by atoms with Gasteiger partial charge in [0.05, 0.1) is 16.9 Å². The van der Waals surface area contributed by atoms with E-state index in [4.69, 9.17) is 23.2 Å². The van der Waals surface area contributed by atoms with E-state index < -0.39 is 4.92 Å². The van der Waals surface area contributed by atoms with Gasteiger partial charge in [-0.15, -0.1) is 0 Å². The third-order valence-corrected chi connectivity index (χ3v) is 6.08. The molecule has 0 bridgehead atoms. The number of nitrogens with one attached hydrogen (secondary N) is 2. The molecular formula is C20H21Cl2N5O3. The van der Waals surface area contributed by atoms with E-state index in [9.17, 15) is 14.9 Å². The monoisotopic (exact) mass is 449 g/mol. The first kappa shape index (κ1) is 20.9. The highest BCUT2D eigenvalue weighted by molar-refractivity contribution is 6.31. The second-order valence-electron chi connectivity index (χ2n) is 7.36. The average Bonchev–Trinajstić information content (AvgIpc) is 3.23. The van der Waals surface area contributed by atoms with Gasteiger partial charge in [-0.3, -0.25) is 20.3 Å². The summed E-state index contributed by atoms with van der Waals surface area (Å²) in [6.07, 6.45) is 0. The van der Waals surface area contributed by atoms with Crippen LogP contribution >= 0.6 is 23.2 Å². The Morgan fingerprint density at radius 2 is 1.70 bits per heavy atom. The van der Waals surface area contributed by atoms with Crippen LogP contribution in [0.5, 0.6) is 0 Å². The second-order valence-corrected chi connectivity index (χ2v) is 8.24. The van der Waals surface area contributed by atoms with Gasteiger partial charge < -0.3 is 9.80 Å². The fourth-order valence-electron chi connectivity index (χ4n) is 4.03. The van der Waals surface area contributed by atoms with Gasteiger partial charge in [-0.2, -0.15) is 0 Å². The van der Waals surface area contributed by atoms with Crippen molar-refractivity contribution in [3.05, 3.63) is 68.2 Å². The molecule has 8 nitrogen and oxygen atoms in total. The molecule has 2 N–H and O–H groups in total. The molecule has 0 aromatic heterocycles. The Morgan fingerprint density at radius 1 is 1.03 bits per heavy atom. The first-order valence-electron chi connectivity index (χ1n) is 9.65. The molecule has 1 amide bonds. The number of benzene rings is 2. The van der Waals surface area contributed by atoms with Gasteiger partial charge in [-0.1, -0.05) is 35.3 Å². The van der Waals surface area contributed by atoms with E-state index in [-0.39, 0.29) is 23.6 Å². The van der Waals surface area contributed by atoms with E-state index in [0.29, 0.717) is 48.5 Å². The first-order valence-corrected chi connectivity index (χ1v) is 10.4. The maximum atomic E-state index is 13.2. The number of rotatable bonds is 4. The van der Waals surface area contributed by atoms with Gasteiger partial charge in [0.2, 0.25) is 5.91 Å². The summed E-state index contributed by atoms with van der Waals surface area (Å²) in [6, 6.07) is 12.0. The minimum absolute atomic E-state index is 0.0192. The largest absolute Gasteiger partial charge is 0.362 e. The maximum absolute atomic E-state index is 13.2. The van der Waals surface area contributed by atoms with Gasteiger partial charge in [0.25, 0.3) is 5.69 Å². The summed E-state index contributed by atoms with van der Waals surface area (Å²) < 4.78 is 0. The Morgan fingerprint density at radius 3 is 2.37 bits per heavy atom. The molecule has 2 fully saturated rings. The number of nitro benzene ring substituents is 1. The Labute approximate surface area is 183 Å². The van der Waals surface area contributed by atoms with Gasteiger partial charge in [0.15, 0.2) is 0 Å². The Hall–Kier alpha value is -2.39. The van der Waals surface area contributed by atoms with Gasteiger partial charge in [-0.25, -0.2) is 5.43 Å². The minimum atomic E-state index is -0.425. The average molecular weight is 450 g/mol. The van der Waals surface area contributed by atoms with Crippen LogP contribution in [0.2, 0.25) is 10.0 Å². The molecule has 2 aliphatic heterocycles. The lowest BCUT2D eigenvalue weighted by molar-refractivity contribution is -0.384. The SMILES string of the molecule is O=C(C1CNNC1c1ccc(Cl)cc1)N1CCN(c2ccc(Cl)cc2[N+](=O)[O-])CC1. The highest BCUT2D eigenvalue weighted by atomic mass is 35.5. The molecule has 0 radical (unpaired) electrons. The molecule has 2 unspecified atom stereocenters. The van der Waals surface area contributed by atoms with Gasteiger partial charge >= 0.3 is 0 Å². The van der Waals surface area contributed by atoms with E-state index in [0.717, 1.165) is 5.56 Å². The van der Waals surface area contributed by atoms with Crippen LogP contribution in [0, 0.1) is 16.0 Å². The predicted octanol–water partition coefficient (Wildman–Crippen LogP) is 3.02. The minimum Gasteiger partial charge on any atom is -0.362 e. The second kappa shape index (κ2) is 8.77. The summed E-state index contributed by atoms with van der Waals surface area (Å²) in [5.41, 5.74) is 7.78. The van der Waals surface area contributed by atoms with Gasteiger partial charge in [0, 0.05) is 48.8 Å². The third kappa shape index (κ3) is 4.22. The summed E-state index contributed by atoms with van der Waals surface area (Å²) in [4.78, 5) is 27.9. The van der Waals surface area contributed by atoms with Crippen LogP contribution in [0.15, 0.2) is 42.5 Å². The molecule has 158 valence electrons. The molecule has 2 heterocycles. The lowest BCUT2D eigenvalue weighted by Gasteiger charge is -2.37. The van der Waals surface area contributed by atoms with E-state index in [1.54, 1.807) is 12.1 Å². The first-order chi connectivity index (χ1) is 14.4. The van der Waals surface area contributed by atoms with Crippen LogP contribution < -0.4 is 15.8 Å². The number of hydrazine groups is 1. The van der Waals surface area contributed by atoms with E-state index in [1.807, 2.05) is 34.1 Å². The molecule has 0 saturated carbocycles. The number of hydrogen-bond donors (Lipinski definition) is 2. The molecule has 0 spiro atoms. The number of piperazine rings is 1. The molecule has 4 rings (SSSR count). The number of carbonyl (C=O) groups is 1. The van der Waals surface area contributed by atoms with E-state index in [2.05, 4.69) is 10.9 Å². The molecule has 2 aromatic carbocycles. The van der Waals surface area contributed by atoms with Crippen LogP contribution in [0.3, 0.4) is 0 Å². The lowest BCUT2D eigenvalue weighted by atomic mass is 9.93. The highest BCUT2D eigenvalue weighted by Gasteiger charge is 2.37. The van der Waals surface area contributed by atoms with Gasteiger partial charge in [-0.05, 0) is 29.8 Å². The van der Waals surface area contributed by atoms with Crippen molar-refractivity contribution in [3.63, 3.8) is 0 Å². The summed E-state index contributed by atoms with van der Waals surface area (Å²) in [5, 5.41) is 12.4. The summed E-state index contributed by atoms with van der Waals surface area (Å²) in [6.45, 7) is 2.58. The summed E-state index contributed by atoms with van der Waals surface area (Å²) in [5.74, 6) is -0.166. The fourth-order valence-corrected chi connectivity index (χ4v) is 4.32. The van der Waals surface area contributed by atoms with Crippen LogP contribution in [0.25, 0.3) is 0 Å². The molecule has 2 atom stereocenters. The zero-order valence-electron chi connectivity index (χ0n) is 16.1. The predicted molar refractivity (Wildman–Crippen MR) is 116 cm³/mol. The maximum Gasteiger partial charge on any atom is 0.294 e. The number of amides is 1. The fraction of sp³-hybridized carbons (Fsp3) is 0.350. The molecule has 0 aliphatic carbocycles. The zero-order valence-corrected chi connectivity index (χ0v) is 17.6. The van der Waals surface area contributed by atoms with Gasteiger partial charge in [0.1, 0.15) is 5.69 Å². The molecular weight excluding hydrogens is 429 g/mol. The number of halogens is 2. The molecule has 30 heavy (non-hydrogen) atoms. The highest BCUT2D eigenvalue weighted by Crippen LogP contribution is 2.32. The van der Waals surface area contributed by atoms with E-state index in [1.165, 1.54) is 6.07 Å². The zero-order chi connectivity index (χ0) is 21.3. The van der Waals surface area contributed by atoms with Crippen LogP contribution in [-0.2, 0) is 4.79 Å². The third-order valence-electron chi connectivity index (χ3n) is 5.59. The quantitative estimate of drug-likeness (QED) is 0.550. The van der Waals surface area contributed by atoms with Crippen molar-refractivity contribution < 1.29 is 9.72 Å². The number of hydrogen-bond acceptors (Lipinski definition) is 6. The van der Waals surface area contributed by atoms with E-state index >= 15 is 0 Å². The normalized spacial score (nSPS) is 21.7. The molecule has 2 aliphatic rings. The molecule has 10 heteroatoms. The number of nitro groups is 1. The van der Waals surface area contributed by atoms with Crippen LogP contribution in [-0.4, -0.2) is 48.5 Å². The van der Waals surface area contributed by atoms with Crippen LogP contribution in [0.4, 0.5) is 11.4 Å². The van der Waals surface area contributed by atoms with Crippen molar-refractivity contribution in [1.29, 1.82) is 0 Å². The summed E-state index contributed by atoms with van der Waals surface area (Å²) in [7, 11) is 0. The number of carbonyl (C=O) groups excluding carboxylic acids is 1. The number of nitrogens with zero attached hydrogens (tertiary/aromatic N) is 3. The smallest absolute Gasteiger partial charge is 0.294 e. The van der Waals surface area contributed by atoms with Crippen molar-refractivity contribution in [2.45, 2.75) is 6.04 Å². The lowest BCUT2D eigenvalue weighted by Crippen LogP contribution is -2.51. The summed E-state index contributed by atoms with van der Waals surface area (Å²) >= 11 is 11.9. The van der Waals surface area contributed by atoms with Crippen molar-refractivity contribution in [1.82, 2.24) is 15.8 Å². The molecule has 2 saturated heterocycles. The standard InChI is InChI=1S/C20H21Cl2N5O3/c21-14-3-1-13(2-4-14)19-16(12-23-24-19)20(28)26-9-7-25(8-10-26)17-6-5-15(22)11-18(17)27(29)30/h1-6,11,16,19,23-24H,7-10,12H2. The van der Waals surface area contributed by atoms with Crippen molar-refractivity contribution in [3.8, 4) is 0 Å². The van der Waals surface area contributed by atoms with Crippen LogP contribution in [0.1, 0.15) is 11.6 Å². The Kier molecular flexibility index (Phi) is 6.10. The molecule has 2 aromatic rings. The topological polar surface area (TPSA) is 90.8 Å². The Bertz CT molecular complexity index is 948.